The third kappa shape index (κ3) is 6.11. The summed E-state index contributed by atoms with van der Waals surface area (Å²) in [6.07, 6.45) is 9.55. The van der Waals surface area contributed by atoms with E-state index < -0.39 is 0 Å². The molecule has 1 aliphatic carbocycles. The number of hydrogen-bond donors (Lipinski definition) is 0. The Morgan fingerprint density at radius 2 is 1.71 bits per heavy atom. The van der Waals surface area contributed by atoms with Crippen molar-refractivity contribution in [1.29, 1.82) is 0 Å². The van der Waals surface area contributed by atoms with Crippen LogP contribution in [0.4, 0.5) is 0 Å². The van der Waals surface area contributed by atoms with Crippen LogP contribution in [0.15, 0.2) is 40.2 Å². The van der Waals surface area contributed by atoms with Gasteiger partial charge in [-0.05, 0) is 98.5 Å². The number of allylic oxidation sites excluding steroid dienone is 1. The maximum absolute atomic E-state index is 13.7. The van der Waals surface area contributed by atoms with E-state index in [2.05, 4.69) is 22.4 Å². The van der Waals surface area contributed by atoms with Crippen molar-refractivity contribution in [2.24, 2.45) is 28.0 Å². The zero-order valence-corrected chi connectivity index (χ0v) is 22.4. The number of fused-ring (bicyclic) bond motifs is 1. The second-order valence-corrected chi connectivity index (χ2v) is 11.7. The van der Waals surface area contributed by atoms with E-state index >= 15 is 0 Å². The molecule has 4 fully saturated rings. The second-order valence-electron chi connectivity index (χ2n) is 11.7. The molecule has 5 aliphatic rings. The number of amides is 2. The van der Waals surface area contributed by atoms with Crippen molar-refractivity contribution >= 4 is 11.8 Å². The Bertz CT molecular complexity index is 1080. The van der Waals surface area contributed by atoms with Crippen molar-refractivity contribution < 1.29 is 19.1 Å². The van der Waals surface area contributed by atoms with Gasteiger partial charge in [0.1, 0.15) is 5.75 Å². The molecule has 3 saturated heterocycles. The van der Waals surface area contributed by atoms with Gasteiger partial charge >= 0.3 is 0 Å². The summed E-state index contributed by atoms with van der Waals surface area (Å²) in [6.45, 7) is 6.09. The average Bonchev–Trinajstić information content (AvgIpc) is 3.59. The van der Waals surface area contributed by atoms with E-state index in [4.69, 9.17) is 9.47 Å². The number of rotatable bonds is 8. The molecule has 1 aromatic carbocycles. The quantitative estimate of drug-likeness (QED) is 0.493. The second kappa shape index (κ2) is 11.6. The molecule has 38 heavy (non-hydrogen) atoms. The molecule has 0 spiro atoms. The summed E-state index contributed by atoms with van der Waals surface area (Å²) in [4.78, 5) is 30.6. The molecular weight excluding hydrogens is 480 g/mol. The van der Waals surface area contributed by atoms with Crippen LogP contribution in [0, 0.1) is 17.8 Å². The van der Waals surface area contributed by atoms with E-state index in [1.807, 2.05) is 21.9 Å². The molecule has 4 heterocycles. The first-order valence-corrected chi connectivity index (χ1v) is 14.6. The van der Waals surface area contributed by atoms with Gasteiger partial charge in [-0.1, -0.05) is 0 Å². The highest BCUT2D eigenvalue weighted by Crippen LogP contribution is 2.42. The summed E-state index contributed by atoms with van der Waals surface area (Å²) >= 11 is 0. The predicted octanol–water partition coefficient (Wildman–Crippen LogP) is 4.81. The number of ether oxygens (including phenoxy) is 2. The molecule has 8 nitrogen and oxygen atoms in total. The summed E-state index contributed by atoms with van der Waals surface area (Å²) in [5.74, 6) is 3.20. The lowest BCUT2D eigenvalue weighted by Gasteiger charge is -2.24. The van der Waals surface area contributed by atoms with Crippen molar-refractivity contribution in [2.45, 2.75) is 57.3 Å². The lowest BCUT2D eigenvalue weighted by Crippen LogP contribution is -2.34. The standard InChI is InChI=1S/C30H40N4O4/c35-29(4-3-27-5-10-31-32-27)34-18-23-6-11-33(12-7-24(23)19-34)30(36)26-15-25(22-1-2-22)16-28(17-26)38-20-21-8-13-37-14-9-21/h5,15-17,21-24H,1-4,6-14,18-20H2/t23-,24+. The highest BCUT2D eigenvalue weighted by Gasteiger charge is 2.37. The molecule has 1 aromatic rings. The van der Waals surface area contributed by atoms with Gasteiger partial charge in [0.25, 0.3) is 5.91 Å². The highest BCUT2D eigenvalue weighted by molar-refractivity contribution is 5.95. The van der Waals surface area contributed by atoms with Crippen molar-refractivity contribution in [3.8, 4) is 5.75 Å². The number of likely N-dealkylation sites (tertiary alicyclic amines) is 2. The van der Waals surface area contributed by atoms with E-state index in [0.29, 0.717) is 49.7 Å². The van der Waals surface area contributed by atoms with Gasteiger partial charge < -0.3 is 19.3 Å². The Hall–Kier alpha value is -2.74. The number of carbonyl (C=O) groups excluding carboxylic acids is 2. The molecule has 0 unspecified atom stereocenters. The topological polar surface area (TPSA) is 83.8 Å². The first-order chi connectivity index (χ1) is 18.6. The summed E-state index contributed by atoms with van der Waals surface area (Å²) in [5, 5.41) is 8.06. The Kier molecular flexibility index (Phi) is 7.77. The third-order valence-corrected chi connectivity index (χ3v) is 9.01. The first kappa shape index (κ1) is 25.5. The van der Waals surface area contributed by atoms with Crippen LogP contribution in [0.2, 0.25) is 0 Å². The highest BCUT2D eigenvalue weighted by atomic mass is 16.5. The third-order valence-electron chi connectivity index (χ3n) is 9.01. The number of nitrogens with zero attached hydrogens (tertiary/aromatic N) is 4. The Morgan fingerprint density at radius 1 is 0.947 bits per heavy atom. The van der Waals surface area contributed by atoms with E-state index in [9.17, 15) is 9.59 Å². The first-order valence-electron chi connectivity index (χ1n) is 14.6. The normalized spacial score (nSPS) is 25.7. The number of azo groups is 1. The van der Waals surface area contributed by atoms with Crippen molar-refractivity contribution in [3.05, 3.63) is 41.1 Å². The molecule has 6 rings (SSSR count). The van der Waals surface area contributed by atoms with Crippen molar-refractivity contribution in [3.63, 3.8) is 0 Å². The minimum absolute atomic E-state index is 0.121. The molecule has 2 atom stereocenters. The molecule has 0 N–H and O–H groups in total. The van der Waals surface area contributed by atoms with Gasteiger partial charge in [-0.2, -0.15) is 10.2 Å². The number of benzene rings is 1. The van der Waals surface area contributed by atoms with Crippen LogP contribution < -0.4 is 4.74 Å². The fourth-order valence-electron chi connectivity index (χ4n) is 6.41. The van der Waals surface area contributed by atoms with Crippen LogP contribution in [0.3, 0.4) is 0 Å². The van der Waals surface area contributed by atoms with E-state index in [1.54, 1.807) is 0 Å². The zero-order valence-electron chi connectivity index (χ0n) is 22.4. The lowest BCUT2D eigenvalue weighted by atomic mass is 9.92. The van der Waals surface area contributed by atoms with E-state index in [-0.39, 0.29) is 11.8 Å². The van der Waals surface area contributed by atoms with E-state index in [0.717, 1.165) is 82.1 Å². The fourth-order valence-corrected chi connectivity index (χ4v) is 6.41. The van der Waals surface area contributed by atoms with Crippen molar-refractivity contribution in [1.82, 2.24) is 9.80 Å². The minimum Gasteiger partial charge on any atom is -0.493 e. The van der Waals surface area contributed by atoms with Gasteiger partial charge in [-0.3, -0.25) is 9.59 Å². The molecule has 0 aromatic heterocycles. The summed E-state index contributed by atoms with van der Waals surface area (Å²) in [7, 11) is 0. The van der Waals surface area contributed by atoms with E-state index in [1.165, 1.54) is 18.4 Å². The molecule has 8 heteroatoms. The smallest absolute Gasteiger partial charge is 0.253 e. The molecule has 1 saturated carbocycles. The largest absolute Gasteiger partial charge is 0.493 e. The van der Waals surface area contributed by atoms with Gasteiger partial charge in [0.2, 0.25) is 5.91 Å². The summed E-state index contributed by atoms with van der Waals surface area (Å²) in [5.41, 5.74) is 2.94. The monoisotopic (exact) mass is 520 g/mol. The predicted molar refractivity (Wildman–Crippen MR) is 143 cm³/mol. The molecule has 0 radical (unpaired) electrons. The van der Waals surface area contributed by atoms with Gasteiger partial charge in [-0.25, -0.2) is 0 Å². The molecule has 4 aliphatic heterocycles. The van der Waals surface area contributed by atoms with Crippen LogP contribution in [-0.2, 0) is 9.53 Å². The molecule has 0 bridgehead atoms. The lowest BCUT2D eigenvalue weighted by molar-refractivity contribution is -0.130. The van der Waals surface area contributed by atoms with Crippen molar-refractivity contribution in [2.75, 3.05) is 52.5 Å². The zero-order chi connectivity index (χ0) is 25.9. The Morgan fingerprint density at radius 3 is 2.39 bits per heavy atom. The molecular formula is C30H40N4O4. The van der Waals surface area contributed by atoms with Gasteiger partial charge in [0.15, 0.2) is 0 Å². The Balaban J connectivity index is 1.05. The van der Waals surface area contributed by atoms with Crippen LogP contribution >= 0.6 is 0 Å². The summed E-state index contributed by atoms with van der Waals surface area (Å²) < 4.78 is 11.7. The fraction of sp³-hybridized carbons (Fsp3) is 0.667. The molecule has 2 amide bonds. The maximum Gasteiger partial charge on any atom is 0.253 e. The average molecular weight is 521 g/mol. The van der Waals surface area contributed by atoms with Crippen LogP contribution in [0.25, 0.3) is 0 Å². The van der Waals surface area contributed by atoms with Crippen LogP contribution in [0.5, 0.6) is 5.75 Å². The number of carbonyl (C=O) groups is 2. The number of hydrogen-bond acceptors (Lipinski definition) is 6. The maximum atomic E-state index is 13.7. The van der Waals surface area contributed by atoms with Gasteiger partial charge in [0, 0.05) is 51.4 Å². The molecule has 204 valence electrons. The SMILES string of the molecule is O=C(CCC1=CCN=N1)N1C[C@H]2CCN(C(=O)c3cc(OCC4CCOCC4)cc(C4CC4)c3)CC[C@H]2C1. The van der Waals surface area contributed by atoms with Crippen LogP contribution in [0.1, 0.15) is 73.2 Å². The summed E-state index contributed by atoms with van der Waals surface area (Å²) in [6, 6.07) is 6.21. The Labute approximate surface area is 225 Å². The van der Waals surface area contributed by atoms with Gasteiger partial charge in [0.05, 0.1) is 18.8 Å². The van der Waals surface area contributed by atoms with Gasteiger partial charge in [-0.15, -0.1) is 0 Å². The minimum atomic E-state index is 0.121. The van der Waals surface area contributed by atoms with Crippen LogP contribution in [-0.4, -0.2) is 74.2 Å².